The van der Waals surface area contributed by atoms with Crippen LogP contribution in [-0.2, 0) is 11.3 Å². The summed E-state index contributed by atoms with van der Waals surface area (Å²) in [6.07, 6.45) is 0. The first kappa shape index (κ1) is 20.3. The Morgan fingerprint density at radius 1 is 1.07 bits per heavy atom. The number of carbonyl (C=O) groups excluding carboxylic acids is 1. The van der Waals surface area contributed by atoms with Crippen LogP contribution < -0.4 is 15.6 Å². The van der Waals surface area contributed by atoms with E-state index in [1.807, 2.05) is 26.0 Å². The lowest BCUT2D eigenvalue weighted by Gasteiger charge is -2.10. The summed E-state index contributed by atoms with van der Waals surface area (Å²) >= 11 is 0. The van der Waals surface area contributed by atoms with Gasteiger partial charge in [-0.3, -0.25) is 9.59 Å². The number of hydrogen-bond acceptors (Lipinski definition) is 4. The molecule has 0 bridgehead atoms. The van der Waals surface area contributed by atoms with E-state index in [4.69, 9.17) is 4.74 Å². The SMILES string of the molecule is Cc1cc(C)cc(OCCNC(=O)Cn2nc(-c3ccc(F)cc3)ccc2=O)c1. The van der Waals surface area contributed by atoms with E-state index in [2.05, 4.69) is 16.5 Å². The van der Waals surface area contributed by atoms with Gasteiger partial charge in [-0.25, -0.2) is 9.07 Å². The van der Waals surface area contributed by atoms with Gasteiger partial charge in [0.2, 0.25) is 5.91 Å². The molecule has 150 valence electrons. The maximum Gasteiger partial charge on any atom is 0.267 e. The first-order valence-electron chi connectivity index (χ1n) is 9.22. The molecule has 0 radical (unpaired) electrons. The largest absolute Gasteiger partial charge is 0.492 e. The lowest BCUT2D eigenvalue weighted by atomic mass is 10.1. The monoisotopic (exact) mass is 395 g/mol. The molecule has 0 spiro atoms. The van der Waals surface area contributed by atoms with E-state index < -0.39 is 5.56 Å². The van der Waals surface area contributed by atoms with E-state index in [0.29, 0.717) is 24.4 Å². The second-order valence-corrected chi connectivity index (χ2v) is 6.74. The molecule has 6 nitrogen and oxygen atoms in total. The molecule has 29 heavy (non-hydrogen) atoms. The summed E-state index contributed by atoms with van der Waals surface area (Å²) < 4.78 is 19.8. The van der Waals surface area contributed by atoms with Crippen molar-refractivity contribution in [3.05, 3.63) is 81.9 Å². The normalized spacial score (nSPS) is 10.6. The molecule has 3 aromatic rings. The van der Waals surface area contributed by atoms with E-state index >= 15 is 0 Å². The van der Waals surface area contributed by atoms with Crippen LogP contribution in [0.25, 0.3) is 11.3 Å². The van der Waals surface area contributed by atoms with Crippen LogP contribution in [0.4, 0.5) is 4.39 Å². The van der Waals surface area contributed by atoms with E-state index in [-0.39, 0.29) is 18.3 Å². The number of aryl methyl sites for hydroxylation is 2. The van der Waals surface area contributed by atoms with Crippen molar-refractivity contribution in [1.29, 1.82) is 0 Å². The molecule has 0 saturated heterocycles. The molecule has 0 saturated carbocycles. The molecule has 3 rings (SSSR count). The van der Waals surface area contributed by atoms with Gasteiger partial charge < -0.3 is 10.1 Å². The molecule has 1 aromatic heterocycles. The van der Waals surface area contributed by atoms with Crippen molar-refractivity contribution < 1.29 is 13.9 Å². The van der Waals surface area contributed by atoms with E-state index in [0.717, 1.165) is 21.6 Å². The average Bonchev–Trinajstić information content (AvgIpc) is 2.67. The Hall–Kier alpha value is -3.48. The first-order valence-corrected chi connectivity index (χ1v) is 9.22. The van der Waals surface area contributed by atoms with Crippen LogP contribution in [0.15, 0.2) is 59.4 Å². The Morgan fingerprint density at radius 3 is 2.45 bits per heavy atom. The highest BCUT2D eigenvalue weighted by atomic mass is 19.1. The summed E-state index contributed by atoms with van der Waals surface area (Å²) in [5.74, 6) is 0.0472. The highest BCUT2D eigenvalue weighted by Crippen LogP contribution is 2.16. The molecule has 0 fully saturated rings. The highest BCUT2D eigenvalue weighted by Gasteiger charge is 2.08. The third-order valence-electron chi connectivity index (χ3n) is 4.19. The summed E-state index contributed by atoms with van der Waals surface area (Å²) in [6.45, 7) is 4.39. The molecule has 0 aliphatic carbocycles. The predicted molar refractivity (Wildman–Crippen MR) is 108 cm³/mol. The van der Waals surface area contributed by atoms with Crippen molar-refractivity contribution in [2.45, 2.75) is 20.4 Å². The average molecular weight is 395 g/mol. The minimum Gasteiger partial charge on any atom is -0.492 e. The Kier molecular flexibility index (Phi) is 6.39. The summed E-state index contributed by atoms with van der Waals surface area (Å²) in [4.78, 5) is 24.2. The molecule has 0 atom stereocenters. The first-order chi connectivity index (χ1) is 13.9. The maximum absolute atomic E-state index is 13.1. The van der Waals surface area contributed by atoms with Crippen LogP contribution in [0.2, 0.25) is 0 Å². The van der Waals surface area contributed by atoms with Crippen molar-refractivity contribution in [2.75, 3.05) is 13.2 Å². The van der Waals surface area contributed by atoms with Crippen molar-refractivity contribution in [3.8, 4) is 17.0 Å². The van der Waals surface area contributed by atoms with Crippen LogP contribution >= 0.6 is 0 Å². The molecule has 0 aliphatic rings. The zero-order chi connectivity index (χ0) is 20.8. The topological polar surface area (TPSA) is 73.2 Å². The Bertz CT molecular complexity index is 1040. The van der Waals surface area contributed by atoms with Gasteiger partial charge in [-0.1, -0.05) is 6.07 Å². The zero-order valence-corrected chi connectivity index (χ0v) is 16.3. The van der Waals surface area contributed by atoms with Gasteiger partial charge in [-0.2, -0.15) is 5.10 Å². The van der Waals surface area contributed by atoms with Gasteiger partial charge in [0.25, 0.3) is 5.56 Å². The lowest BCUT2D eigenvalue weighted by Crippen LogP contribution is -2.35. The second kappa shape index (κ2) is 9.14. The van der Waals surface area contributed by atoms with Gasteiger partial charge in [-0.05, 0) is 67.4 Å². The quantitative estimate of drug-likeness (QED) is 0.625. The van der Waals surface area contributed by atoms with Crippen LogP contribution in [-0.4, -0.2) is 28.8 Å². The fourth-order valence-electron chi connectivity index (χ4n) is 2.90. The fraction of sp³-hybridized carbons (Fsp3) is 0.227. The van der Waals surface area contributed by atoms with Crippen LogP contribution in [0.3, 0.4) is 0 Å². The number of benzene rings is 2. The minimum atomic E-state index is -0.391. The lowest BCUT2D eigenvalue weighted by molar-refractivity contribution is -0.122. The number of carbonyl (C=O) groups is 1. The number of nitrogens with one attached hydrogen (secondary N) is 1. The summed E-state index contributed by atoms with van der Waals surface area (Å²) in [6, 6.07) is 14.6. The zero-order valence-electron chi connectivity index (χ0n) is 16.3. The molecule has 1 heterocycles. The minimum absolute atomic E-state index is 0.211. The molecule has 0 aliphatic heterocycles. The molecule has 1 N–H and O–H groups in total. The fourth-order valence-corrected chi connectivity index (χ4v) is 2.90. The standard InChI is InChI=1S/C22H22FN3O3/c1-15-11-16(2)13-19(12-15)29-10-9-24-21(27)14-26-22(28)8-7-20(25-26)17-3-5-18(23)6-4-17/h3-8,11-13H,9-10,14H2,1-2H3,(H,24,27). The van der Waals surface area contributed by atoms with Crippen molar-refractivity contribution in [2.24, 2.45) is 0 Å². The predicted octanol–water partition coefficient (Wildman–Crippen LogP) is 2.86. The van der Waals surface area contributed by atoms with Gasteiger partial charge in [0.05, 0.1) is 12.2 Å². The van der Waals surface area contributed by atoms with Gasteiger partial charge >= 0.3 is 0 Å². The van der Waals surface area contributed by atoms with Crippen LogP contribution in [0.1, 0.15) is 11.1 Å². The third-order valence-corrected chi connectivity index (χ3v) is 4.19. The van der Waals surface area contributed by atoms with Crippen molar-refractivity contribution >= 4 is 5.91 Å². The molecule has 7 heteroatoms. The van der Waals surface area contributed by atoms with Crippen LogP contribution in [0, 0.1) is 19.7 Å². The number of amides is 1. The Balaban J connectivity index is 1.55. The van der Waals surface area contributed by atoms with Gasteiger partial charge in [0.15, 0.2) is 0 Å². The summed E-state index contributed by atoms with van der Waals surface area (Å²) in [7, 11) is 0. The molecule has 2 aromatic carbocycles. The smallest absolute Gasteiger partial charge is 0.267 e. The van der Waals surface area contributed by atoms with Gasteiger partial charge in [0, 0.05) is 11.6 Å². The van der Waals surface area contributed by atoms with Crippen molar-refractivity contribution in [3.63, 3.8) is 0 Å². The number of aromatic nitrogens is 2. The number of ether oxygens (including phenoxy) is 1. The molecular weight excluding hydrogens is 373 g/mol. The van der Waals surface area contributed by atoms with Gasteiger partial charge in [-0.15, -0.1) is 0 Å². The summed E-state index contributed by atoms with van der Waals surface area (Å²) in [5.41, 5.74) is 2.96. The number of nitrogens with zero attached hydrogens (tertiary/aromatic N) is 2. The van der Waals surface area contributed by atoms with Gasteiger partial charge in [0.1, 0.15) is 24.7 Å². The molecule has 1 amide bonds. The Morgan fingerprint density at radius 2 is 1.76 bits per heavy atom. The van der Waals surface area contributed by atoms with E-state index in [1.165, 1.54) is 18.2 Å². The third kappa shape index (κ3) is 5.75. The highest BCUT2D eigenvalue weighted by molar-refractivity contribution is 5.75. The number of halogens is 1. The summed E-state index contributed by atoms with van der Waals surface area (Å²) in [5, 5.41) is 6.91. The Labute approximate surface area is 168 Å². The van der Waals surface area contributed by atoms with E-state index in [9.17, 15) is 14.0 Å². The van der Waals surface area contributed by atoms with Crippen LogP contribution in [0.5, 0.6) is 5.75 Å². The van der Waals surface area contributed by atoms with E-state index in [1.54, 1.807) is 18.2 Å². The maximum atomic E-state index is 13.1. The molecular formula is C22H22FN3O3. The van der Waals surface area contributed by atoms with Crippen molar-refractivity contribution in [1.82, 2.24) is 15.1 Å². The number of rotatable bonds is 7. The second-order valence-electron chi connectivity index (χ2n) is 6.74. The molecule has 0 unspecified atom stereocenters. The number of hydrogen-bond donors (Lipinski definition) is 1.